The first-order chi connectivity index (χ1) is 11.3. The molecule has 0 atom stereocenters. The second-order valence-corrected chi connectivity index (χ2v) is 7.71. The Morgan fingerprint density at radius 2 is 2.00 bits per heavy atom. The van der Waals surface area contributed by atoms with E-state index in [2.05, 4.69) is 57.3 Å². The van der Waals surface area contributed by atoms with E-state index in [9.17, 15) is 0 Å². The van der Waals surface area contributed by atoms with Crippen LogP contribution in [0.1, 0.15) is 38.0 Å². The van der Waals surface area contributed by atoms with Crippen LogP contribution in [0, 0.1) is 0 Å². The molecule has 0 unspecified atom stereocenters. The average Bonchev–Trinajstić information content (AvgIpc) is 2.98. The number of halogens is 2. The minimum absolute atomic E-state index is 0.0521. The molecular weight excluding hydrogens is 392 g/mol. The Morgan fingerprint density at radius 1 is 1.29 bits per heavy atom. The first-order valence-corrected chi connectivity index (χ1v) is 8.80. The third-order valence-electron chi connectivity index (χ3n) is 3.38. The van der Waals surface area contributed by atoms with Crippen LogP contribution in [0.15, 0.2) is 38.3 Å². The molecule has 1 aromatic carbocycles. The predicted octanol–water partition coefficient (Wildman–Crippen LogP) is 4.25. The standard InChI is InChI=1S/C17H22BrClN4O/c1-17(2,3)14-9-21-15(24-14)10-23-16(20-4)22-8-11-5-6-12(18)7-13(11)19/h5-7,9H,8,10H2,1-4H3,(H2,20,22,23). The van der Waals surface area contributed by atoms with Crippen molar-refractivity contribution in [3.63, 3.8) is 0 Å². The Hall–Kier alpha value is -1.53. The molecule has 0 spiro atoms. The van der Waals surface area contributed by atoms with Gasteiger partial charge in [0.2, 0.25) is 5.89 Å². The van der Waals surface area contributed by atoms with Crippen LogP contribution in [0.2, 0.25) is 5.02 Å². The third kappa shape index (κ3) is 5.24. The number of hydrogen-bond acceptors (Lipinski definition) is 3. The number of aromatic nitrogens is 1. The monoisotopic (exact) mass is 412 g/mol. The van der Waals surface area contributed by atoms with Gasteiger partial charge in [-0.05, 0) is 17.7 Å². The van der Waals surface area contributed by atoms with Crippen LogP contribution in [-0.2, 0) is 18.5 Å². The molecule has 2 rings (SSSR count). The molecule has 0 aliphatic heterocycles. The van der Waals surface area contributed by atoms with E-state index >= 15 is 0 Å². The Morgan fingerprint density at radius 3 is 2.58 bits per heavy atom. The summed E-state index contributed by atoms with van der Waals surface area (Å²) in [5.74, 6) is 2.15. The summed E-state index contributed by atoms with van der Waals surface area (Å²) < 4.78 is 6.71. The number of hydrogen-bond donors (Lipinski definition) is 2. The van der Waals surface area contributed by atoms with Crippen molar-refractivity contribution in [1.29, 1.82) is 0 Å². The summed E-state index contributed by atoms with van der Waals surface area (Å²) in [4.78, 5) is 8.49. The third-order valence-corrected chi connectivity index (χ3v) is 4.23. The first-order valence-electron chi connectivity index (χ1n) is 7.63. The highest BCUT2D eigenvalue weighted by Crippen LogP contribution is 2.23. The smallest absolute Gasteiger partial charge is 0.213 e. The minimum atomic E-state index is -0.0521. The summed E-state index contributed by atoms with van der Waals surface area (Å²) in [7, 11) is 1.72. The lowest BCUT2D eigenvalue weighted by Crippen LogP contribution is -2.36. The molecule has 2 aromatic rings. The van der Waals surface area contributed by atoms with Gasteiger partial charge in [-0.2, -0.15) is 0 Å². The van der Waals surface area contributed by atoms with Crippen molar-refractivity contribution in [2.45, 2.75) is 39.3 Å². The highest BCUT2D eigenvalue weighted by atomic mass is 79.9. The number of nitrogens with one attached hydrogen (secondary N) is 2. The fraction of sp³-hybridized carbons (Fsp3) is 0.412. The van der Waals surface area contributed by atoms with Crippen LogP contribution in [0.5, 0.6) is 0 Å². The molecule has 0 aliphatic carbocycles. The number of oxazole rings is 1. The summed E-state index contributed by atoms with van der Waals surface area (Å²) >= 11 is 9.62. The molecular formula is C17H22BrClN4O. The van der Waals surface area contributed by atoms with Gasteiger partial charge in [0.1, 0.15) is 5.76 Å². The van der Waals surface area contributed by atoms with Gasteiger partial charge >= 0.3 is 0 Å². The summed E-state index contributed by atoms with van der Waals surface area (Å²) in [5, 5.41) is 7.11. The quantitative estimate of drug-likeness (QED) is 0.581. The Bertz CT molecular complexity index is 722. The fourth-order valence-corrected chi connectivity index (χ4v) is 2.70. The normalized spacial score (nSPS) is 12.3. The van der Waals surface area contributed by atoms with Crippen LogP contribution in [-0.4, -0.2) is 18.0 Å². The molecule has 0 amide bonds. The zero-order chi connectivity index (χ0) is 17.7. The molecule has 130 valence electrons. The van der Waals surface area contributed by atoms with E-state index in [1.54, 1.807) is 13.2 Å². The van der Waals surface area contributed by atoms with Crippen LogP contribution < -0.4 is 10.6 Å². The van der Waals surface area contributed by atoms with Gasteiger partial charge in [0.25, 0.3) is 0 Å². The summed E-state index contributed by atoms with van der Waals surface area (Å²) in [6.07, 6.45) is 1.77. The SMILES string of the molecule is CN=C(NCc1ncc(C(C)(C)C)o1)NCc1ccc(Br)cc1Cl. The molecule has 1 heterocycles. The molecule has 7 heteroatoms. The van der Waals surface area contributed by atoms with Crippen molar-refractivity contribution < 1.29 is 4.42 Å². The maximum atomic E-state index is 6.22. The van der Waals surface area contributed by atoms with Gasteiger partial charge in [0.05, 0.1) is 12.7 Å². The van der Waals surface area contributed by atoms with Crippen molar-refractivity contribution in [3.05, 3.63) is 51.1 Å². The number of guanidine groups is 1. The Labute approximate surface area is 156 Å². The Kier molecular flexibility index (Phi) is 6.29. The number of rotatable bonds is 4. The topological polar surface area (TPSA) is 62.5 Å². The molecule has 0 aliphatic rings. The van der Waals surface area contributed by atoms with Crippen LogP contribution in [0.4, 0.5) is 0 Å². The molecule has 0 bridgehead atoms. The van der Waals surface area contributed by atoms with E-state index in [1.165, 1.54) is 0 Å². The summed E-state index contributed by atoms with van der Waals surface area (Å²) in [5.41, 5.74) is 0.942. The average molecular weight is 414 g/mol. The van der Waals surface area contributed by atoms with Crippen molar-refractivity contribution in [2.75, 3.05) is 7.05 Å². The lowest BCUT2D eigenvalue weighted by Gasteiger charge is -2.13. The Balaban J connectivity index is 1.90. The minimum Gasteiger partial charge on any atom is -0.443 e. The number of aliphatic imine (C=N–C) groups is 1. The van der Waals surface area contributed by atoms with Gasteiger partial charge in [0, 0.05) is 28.5 Å². The largest absolute Gasteiger partial charge is 0.443 e. The van der Waals surface area contributed by atoms with Crippen molar-refractivity contribution in [1.82, 2.24) is 15.6 Å². The van der Waals surface area contributed by atoms with Gasteiger partial charge < -0.3 is 15.1 Å². The van der Waals surface area contributed by atoms with Gasteiger partial charge in [-0.1, -0.05) is 54.4 Å². The number of nitrogens with zero attached hydrogens (tertiary/aromatic N) is 2. The second-order valence-electron chi connectivity index (χ2n) is 6.38. The van der Waals surface area contributed by atoms with E-state index < -0.39 is 0 Å². The predicted molar refractivity (Wildman–Crippen MR) is 101 cm³/mol. The fourth-order valence-electron chi connectivity index (χ4n) is 1.96. The van der Waals surface area contributed by atoms with Crippen LogP contribution in [0.25, 0.3) is 0 Å². The van der Waals surface area contributed by atoms with Crippen molar-refractivity contribution in [3.8, 4) is 0 Å². The number of benzene rings is 1. The van der Waals surface area contributed by atoms with Crippen molar-refractivity contribution in [2.24, 2.45) is 4.99 Å². The van der Waals surface area contributed by atoms with E-state index in [-0.39, 0.29) is 5.41 Å². The lowest BCUT2D eigenvalue weighted by molar-refractivity contribution is 0.379. The maximum Gasteiger partial charge on any atom is 0.213 e. The lowest BCUT2D eigenvalue weighted by atomic mass is 9.94. The summed E-state index contributed by atoms with van der Waals surface area (Å²) in [6, 6.07) is 5.80. The molecule has 5 nitrogen and oxygen atoms in total. The van der Waals surface area contributed by atoms with Gasteiger partial charge in [0.15, 0.2) is 5.96 Å². The van der Waals surface area contributed by atoms with E-state index in [0.29, 0.717) is 30.0 Å². The molecule has 24 heavy (non-hydrogen) atoms. The van der Waals surface area contributed by atoms with Gasteiger partial charge in [-0.3, -0.25) is 4.99 Å². The zero-order valence-electron chi connectivity index (χ0n) is 14.3. The van der Waals surface area contributed by atoms with Crippen LogP contribution >= 0.6 is 27.5 Å². The molecule has 0 fully saturated rings. The van der Waals surface area contributed by atoms with E-state index in [1.807, 2.05) is 18.2 Å². The summed E-state index contributed by atoms with van der Waals surface area (Å²) in [6.45, 7) is 7.31. The van der Waals surface area contributed by atoms with E-state index in [4.69, 9.17) is 16.0 Å². The first kappa shape index (κ1) is 18.8. The molecule has 0 saturated carbocycles. The van der Waals surface area contributed by atoms with Gasteiger partial charge in [-0.15, -0.1) is 0 Å². The second kappa shape index (κ2) is 8.03. The van der Waals surface area contributed by atoms with Crippen LogP contribution in [0.3, 0.4) is 0 Å². The molecule has 1 aromatic heterocycles. The van der Waals surface area contributed by atoms with Crippen molar-refractivity contribution >= 4 is 33.5 Å². The van der Waals surface area contributed by atoms with Gasteiger partial charge in [-0.25, -0.2) is 4.98 Å². The molecule has 0 saturated heterocycles. The maximum absolute atomic E-state index is 6.22. The highest BCUT2D eigenvalue weighted by molar-refractivity contribution is 9.10. The molecule has 2 N–H and O–H groups in total. The molecule has 0 radical (unpaired) electrons. The van der Waals surface area contributed by atoms with E-state index in [0.717, 1.165) is 15.8 Å². The highest BCUT2D eigenvalue weighted by Gasteiger charge is 2.19. The zero-order valence-corrected chi connectivity index (χ0v) is 16.6.